The topological polar surface area (TPSA) is 54.4 Å². The highest BCUT2D eigenvalue weighted by molar-refractivity contribution is 5.88. The van der Waals surface area contributed by atoms with E-state index in [0.29, 0.717) is 12.3 Å². The number of Topliss-reactive ketones (excluding diaryl/α,β-unsaturated/α-hetero) is 1. The lowest BCUT2D eigenvalue weighted by molar-refractivity contribution is -0.155. The number of carbonyl (C=O) groups is 2. The second-order valence-corrected chi connectivity index (χ2v) is 4.93. The lowest BCUT2D eigenvalue weighted by atomic mass is 9.68. The van der Waals surface area contributed by atoms with Gasteiger partial charge < -0.3 is 5.11 Å². The fourth-order valence-corrected chi connectivity index (χ4v) is 2.11. The summed E-state index contributed by atoms with van der Waals surface area (Å²) >= 11 is 0. The molecule has 0 aromatic carbocycles. The maximum atomic E-state index is 11.7. The second kappa shape index (κ2) is 3.71. The molecule has 1 aliphatic rings. The van der Waals surface area contributed by atoms with Crippen molar-refractivity contribution in [1.82, 2.24) is 0 Å². The zero-order valence-electron chi connectivity index (χ0n) is 9.04. The minimum absolute atomic E-state index is 0.121. The molecule has 1 rings (SSSR count). The molecule has 0 aromatic heterocycles. The third-order valence-corrected chi connectivity index (χ3v) is 3.31. The van der Waals surface area contributed by atoms with Gasteiger partial charge in [0.25, 0.3) is 0 Å². The molecule has 1 fully saturated rings. The molecule has 1 saturated carbocycles. The number of carbonyl (C=O) groups excluding carboxylic acids is 1. The van der Waals surface area contributed by atoms with Crippen LogP contribution in [0.2, 0.25) is 0 Å². The zero-order chi connectivity index (χ0) is 10.9. The highest BCUT2D eigenvalue weighted by atomic mass is 16.4. The van der Waals surface area contributed by atoms with Gasteiger partial charge in [-0.25, -0.2) is 0 Å². The molecule has 2 unspecified atom stereocenters. The average molecular weight is 198 g/mol. The van der Waals surface area contributed by atoms with Gasteiger partial charge in [-0.3, -0.25) is 9.59 Å². The maximum Gasteiger partial charge on any atom is 0.309 e. The minimum atomic E-state index is -0.906. The summed E-state index contributed by atoms with van der Waals surface area (Å²) in [6, 6.07) is 0. The standard InChI is InChI=1S/C11H18O3/c1-7-4-5-8(9(12)6-7)11(2,3)10(13)14/h7-8H,4-6H2,1-3H3,(H,13,14). The molecule has 3 heteroatoms. The van der Waals surface area contributed by atoms with E-state index in [9.17, 15) is 9.59 Å². The first-order valence-electron chi connectivity index (χ1n) is 5.11. The summed E-state index contributed by atoms with van der Waals surface area (Å²) in [4.78, 5) is 22.7. The first-order chi connectivity index (χ1) is 6.35. The van der Waals surface area contributed by atoms with E-state index in [4.69, 9.17) is 5.11 Å². The van der Waals surface area contributed by atoms with Gasteiger partial charge in [0.1, 0.15) is 5.78 Å². The van der Waals surface area contributed by atoms with Gasteiger partial charge in [0.2, 0.25) is 0 Å². The summed E-state index contributed by atoms with van der Waals surface area (Å²) in [6.07, 6.45) is 2.23. The summed E-state index contributed by atoms with van der Waals surface area (Å²) in [6.45, 7) is 5.34. The van der Waals surface area contributed by atoms with Crippen LogP contribution in [-0.4, -0.2) is 16.9 Å². The summed E-state index contributed by atoms with van der Waals surface area (Å²) in [5, 5.41) is 9.02. The number of carboxylic acid groups (broad SMARTS) is 1. The molecule has 0 radical (unpaired) electrons. The van der Waals surface area contributed by atoms with Crippen molar-refractivity contribution in [2.75, 3.05) is 0 Å². The molecule has 0 spiro atoms. The molecule has 0 amide bonds. The number of hydrogen-bond acceptors (Lipinski definition) is 2. The fourth-order valence-electron chi connectivity index (χ4n) is 2.11. The Morgan fingerprint density at radius 3 is 2.43 bits per heavy atom. The molecule has 2 atom stereocenters. The molecule has 0 aliphatic heterocycles. The molecule has 1 aliphatic carbocycles. The predicted octanol–water partition coefficient (Wildman–Crippen LogP) is 2.10. The Morgan fingerprint density at radius 1 is 1.43 bits per heavy atom. The van der Waals surface area contributed by atoms with Gasteiger partial charge in [-0.15, -0.1) is 0 Å². The molecule has 14 heavy (non-hydrogen) atoms. The van der Waals surface area contributed by atoms with Gasteiger partial charge in [-0.05, 0) is 32.6 Å². The minimum Gasteiger partial charge on any atom is -0.481 e. The molecule has 0 bridgehead atoms. The van der Waals surface area contributed by atoms with Crippen LogP contribution in [0, 0.1) is 17.3 Å². The highest BCUT2D eigenvalue weighted by Gasteiger charge is 2.42. The zero-order valence-corrected chi connectivity index (χ0v) is 9.04. The second-order valence-electron chi connectivity index (χ2n) is 4.93. The summed E-state index contributed by atoms with van der Waals surface area (Å²) in [5.41, 5.74) is -0.906. The molecular formula is C11H18O3. The molecule has 3 nitrogen and oxygen atoms in total. The summed E-state index contributed by atoms with van der Waals surface area (Å²) in [7, 11) is 0. The Kier molecular flexibility index (Phi) is 2.98. The van der Waals surface area contributed by atoms with Gasteiger partial charge in [-0.1, -0.05) is 6.92 Å². The van der Waals surface area contributed by atoms with E-state index < -0.39 is 11.4 Å². The van der Waals surface area contributed by atoms with Crippen LogP contribution in [0.15, 0.2) is 0 Å². The number of ketones is 1. The lowest BCUT2D eigenvalue weighted by Crippen LogP contribution is -2.40. The van der Waals surface area contributed by atoms with Gasteiger partial charge in [0, 0.05) is 12.3 Å². The Hall–Kier alpha value is -0.860. The summed E-state index contributed by atoms with van der Waals surface area (Å²) < 4.78 is 0. The number of carboxylic acids is 1. The van der Waals surface area contributed by atoms with E-state index in [2.05, 4.69) is 0 Å². The largest absolute Gasteiger partial charge is 0.481 e. The van der Waals surface area contributed by atoms with Crippen molar-refractivity contribution in [1.29, 1.82) is 0 Å². The van der Waals surface area contributed by atoms with Crippen LogP contribution in [0.1, 0.15) is 40.0 Å². The molecule has 0 saturated heterocycles. The van der Waals surface area contributed by atoms with Crippen molar-refractivity contribution >= 4 is 11.8 Å². The van der Waals surface area contributed by atoms with Crippen LogP contribution in [-0.2, 0) is 9.59 Å². The van der Waals surface area contributed by atoms with Crippen LogP contribution in [0.25, 0.3) is 0 Å². The van der Waals surface area contributed by atoms with E-state index in [-0.39, 0.29) is 11.7 Å². The molecule has 1 N–H and O–H groups in total. The van der Waals surface area contributed by atoms with Crippen LogP contribution in [0.4, 0.5) is 0 Å². The first kappa shape index (κ1) is 11.2. The van der Waals surface area contributed by atoms with Crippen molar-refractivity contribution < 1.29 is 14.7 Å². The Bertz CT molecular complexity index is 255. The molecule has 0 heterocycles. The van der Waals surface area contributed by atoms with Gasteiger partial charge in [0.15, 0.2) is 0 Å². The quantitative estimate of drug-likeness (QED) is 0.739. The van der Waals surface area contributed by atoms with Crippen molar-refractivity contribution in [3.63, 3.8) is 0 Å². The highest BCUT2D eigenvalue weighted by Crippen LogP contribution is 2.37. The van der Waals surface area contributed by atoms with Gasteiger partial charge in [0.05, 0.1) is 5.41 Å². The van der Waals surface area contributed by atoms with Crippen LogP contribution in [0.3, 0.4) is 0 Å². The number of aliphatic carboxylic acids is 1. The monoisotopic (exact) mass is 198 g/mol. The molecule has 80 valence electrons. The Morgan fingerprint density at radius 2 is 2.00 bits per heavy atom. The number of rotatable bonds is 2. The average Bonchev–Trinajstić information content (AvgIpc) is 2.02. The SMILES string of the molecule is CC1CCC(C(C)(C)C(=O)O)C(=O)C1. The lowest BCUT2D eigenvalue weighted by Gasteiger charge is -2.34. The van der Waals surface area contributed by atoms with E-state index in [1.165, 1.54) is 0 Å². The van der Waals surface area contributed by atoms with Crippen LogP contribution in [0.5, 0.6) is 0 Å². The Labute approximate surface area is 84.5 Å². The fraction of sp³-hybridized carbons (Fsp3) is 0.818. The molecular weight excluding hydrogens is 180 g/mol. The van der Waals surface area contributed by atoms with Crippen molar-refractivity contribution in [2.24, 2.45) is 17.3 Å². The van der Waals surface area contributed by atoms with E-state index >= 15 is 0 Å². The van der Waals surface area contributed by atoms with Gasteiger partial charge >= 0.3 is 5.97 Å². The van der Waals surface area contributed by atoms with E-state index in [1.807, 2.05) is 6.92 Å². The van der Waals surface area contributed by atoms with Crippen molar-refractivity contribution in [3.05, 3.63) is 0 Å². The Balaban J connectivity index is 2.79. The predicted molar refractivity (Wildman–Crippen MR) is 52.9 cm³/mol. The number of hydrogen-bond donors (Lipinski definition) is 1. The third kappa shape index (κ3) is 1.97. The van der Waals surface area contributed by atoms with Crippen LogP contribution >= 0.6 is 0 Å². The van der Waals surface area contributed by atoms with E-state index in [0.717, 1.165) is 12.8 Å². The van der Waals surface area contributed by atoms with E-state index in [1.54, 1.807) is 13.8 Å². The van der Waals surface area contributed by atoms with Gasteiger partial charge in [-0.2, -0.15) is 0 Å². The maximum absolute atomic E-state index is 11.7. The van der Waals surface area contributed by atoms with Crippen LogP contribution < -0.4 is 0 Å². The first-order valence-corrected chi connectivity index (χ1v) is 5.11. The third-order valence-electron chi connectivity index (χ3n) is 3.31. The summed E-state index contributed by atoms with van der Waals surface area (Å²) in [5.74, 6) is -0.624. The normalized spacial score (nSPS) is 28.9. The molecule has 0 aromatic rings. The smallest absolute Gasteiger partial charge is 0.309 e. The van der Waals surface area contributed by atoms with Crippen molar-refractivity contribution in [3.8, 4) is 0 Å². The van der Waals surface area contributed by atoms with Crippen molar-refractivity contribution in [2.45, 2.75) is 40.0 Å².